The van der Waals surface area contributed by atoms with Crippen LogP contribution in [0.4, 0.5) is 68.2 Å². The second-order valence-corrected chi connectivity index (χ2v) is 25.8. The lowest BCUT2D eigenvalue weighted by atomic mass is 9.18. The smallest absolute Gasteiger partial charge is 0.251 e. The molecule has 4 nitrogen and oxygen atoms in total. The molecule has 364 valence electrons. The third-order valence-electron chi connectivity index (χ3n) is 21.6. The van der Waals surface area contributed by atoms with Gasteiger partial charge in [0, 0.05) is 68.2 Å². The second-order valence-electron chi connectivity index (χ2n) is 25.8. The van der Waals surface area contributed by atoms with E-state index in [9.17, 15) is 0 Å². The Kier molecular flexibility index (Phi) is 8.43. The first-order valence-corrected chi connectivity index (χ1v) is 29.0. The van der Waals surface area contributed by atoms with Crippen LogP contribution in [0.3, 0.4) is 0 Å². The lowest BCUT2D eigenvalue weighted by molar-refractivity contribution is 0.0781. The van der Waals surface area contributed by atoms with E-state index in [1.165, 1.54) is 172 Å². The van der Waals surface area contributed by atoms with Crippen LogP contribution in [0.1, 0.15) is 95.6 Å². The predicted octanol–water partition coefficient (Wildman–Crippen LogP) is 13.7. The van der Waals surface area contributed by atoms with Gasteiger partial charge in [-0.15, -0.1) is 0 Å². The first kappa shape index (κ1) is 42.3. The number of rotatable bonds is 6. The number of hydrogen-bond donors (Lipinski definition) is 0. The van der Waals surface area contributed by atoms with E-state index >= 15 is 0 Å². The average Bonchev–Trinajstić information content (AvgIpc) is 3.79. The number of fused-ring (bicyclic) bond motifs is 4. The molecular weight excluding hydrogens is 906 g/mol. The standard InChI is InChI=1S/C69H62B2N4/c1-42-29-45-30-43(2)38-68(37-42,39-45)48-33-58-62-59(34-48)73(51-17-9-4-10-18-51)55-26-28-57-67-65(55)70(62)64-54(72(58)50-15-7-3-8-16-50)25-27-56-66(64)71(67)63-60(74(56)52-19-11-5-12-20-52)35-49(36-61(63)75(57)53-21-13-6-14-22-53)69-40-44-23-24-47(69)32-46(31-44)41-69/h3-22,25-28,33-36,42-47H,23-24,29-32,37-41H2,1-2H3. The van der Waals surface area contributed by atoms with Crippen molar-refractivity contribution < 1.29 is 0 Å². The van der Waals surface area contributed by atoms with Crippen LogP contribution in [0.25, 0.3) is 0 Å². The predicted molar refractivity (Wildman–Crippen MR) is 314 cm³/mol. The Morgan fingerprint density at radius 2 is 0.720 bits per heavy atom. The topological polar surface area (TPSA) is 13.0 Å². The van der Waals surface area contributed by atoms with Crippen LogP contribution in [0.15, 0.2) is 170 Å². The number of benzene rings is 8. The van der Waals surface area contributed by atoms with E-state index in [1.807, 2.05) is 0 Å². The lowest BCUT2D eigenvalue weighted by Gasteiger charge is -2.55. The molecule has 75 heavy (non-hydrogen) atoms. The third-order valence-corrected chi connectivity index (χ3v) is 21.6. The fraction of sp³-hybridized carbons (Fsp3) is 0.304. The van der Waals surface area contributed by atoms with Gasteiger partial charge >= 0.3 is 0 Å². The summed E-state index contributed by atoms with van der Waals surface area (Å²) in [5.74, 6) is 4.67. The zero-order valence-electron chi connectivity index (χ0n) is 43.4. The van der Waals surface area contributed by atoms with Gasteiger partial charge in [-0.1, -0.05) is 93.1 Å². The molecule has 5 fully saturated rings. The molecule has 6 unspecified atom stereocenters. The zero-order chi connectivity index (χ0) is 49.1. The van der Waals surface area contributed by atoms with Crippen molar-refractivity contribution in [1.82, 2.24) is 0 Å². The molecule has 0 aromatic heterocycles. The van der Waals surface area contributed by atoms with Crippen molar-refractivity contribution in [3.63, 3.8) is 0 Å². The first-order valence-electron chi connectivity index (χ1n) is 29.0. The monoisotopic (exact) mass is 969 g/mol. The summed E-state index contributed by atoms with van der Waals surface area (Å²) in [6.45, 7) is 5.19. The second kappa shape index (κ2) is 14.9. The molecule has 5 aliphatic carbocycles. The molecule has 5 heterocycles. The SMILES string of the molecule is CC1CC2CC(C)CC(c3cc4c5c(c3)N(c3ccccc3)c3ccc6c7c3B5c3c(ccc5c3B7c3c(cc(C78CC9CCC7CC(C9)C8)cc3N6c3ccccc3)N5c3ccccc3)N4c3ccccc3)(C1)C2. The van der Waals surface area contributed by atoms with E-state index in [0.717, 1.165) is 23.7 Å². The molecule has 8 aromatic rings. The van der Waals surface area contributed by atoms with Gasteiger partial charge in [-0.05, 0) is 252 Å². The minimum Gasteiger partial charge on any atom is -0.311 e. The first-order chi connectivity index (χ1) is 36.9. The van der Waals surface area contributed by atoms with Crippen LogP contribution in [-0.2, 0) is 10.8 Å². The van der Waals surface area contributed by atoms with Crippen molar-refractivity contribution >= 4 is 114 Å². The molecule has 0 amide bonds. The molecule has 0 saturated heterocycles. The van der Waals surface area contributed by atoms with Gasteiger partial charge in [0.2, 0.25) is 0 Å². The summed E-state index contributed by atoms with van der Waals surface area (Å²) >= 11 is 0. The summed E-state index contributed by atoms with van der Waals surface area (Å²) in [7, 11) is 0. The Labute approximate surface area is 443 Å². The normalized spacial score (nSPS) is 28.0. The van der Waals surface area contributed by atoms with Crippen molar-refractivity contribution in [2.75, 3.05) is 19.6 Å². The van der Waals surface area contributed by atoms with Gasteiger partial charge in [-0.3, -0.25) is 0 Å². The number of nitrogens with zero attached hydrogens (tertiary/aromatic N) is 4. The third kappa shape index (κ3) is 5.51. The van der Waals surface area contributed by atoms with Crippen LogP contribution < -0.4 is 52.4 Å². The molecule has 0 N–H and O–H groups in total. The highest BCUT2D eigenvalue weighted by Gasteiger charge is 2.60. The van der Waals surface area contributed by atoms with Gasteiger partial charge in [-0.2, -0.15) is 0 Å². The number of anilines is 12. The Balaban J connectivity index is 0.983. The van der Waals surface area contributed by atoms with Crippen molar-refractivity contribution in [2.45, 2.75) is 95.3 Å². The van der Waals surface area contributed by atoms with Gasteiger partial charge in [0.25, 0.3) is 13.4 Å². The van der Waals surface area contributed by atoms with Crippen molar-refractivity contribution in [1.29, 1.82) is 0 Å². The molecule has 5 bridgehead atoms. The van der Waals surface area contributed by atoms with E-state index in [2.05, 4.69) is 203 Å². The number of para-hydroxylation sites is 4. The van der Waals surface area contributed by atoms with Crippen molar-refractivity contribution in [3.8, 4) is 0 Å². The van der Waals surface area contributed by atoms with Crippen molar-refractivity contribution in [3.05, 3.63) is 181 Å². The molecule has 0 spiro atoms. The fourth-order valence-corrected chi connectivity index (χ4v) is 19.7. The number of hydrogen-bond acceptors (Lipinski definition) is 4. The molecule has 6 atom stereocenters. The van der Waals surface area contributed by atoms with Crippen LogP contribution >= 0.6 is 0 Å². The highest BCUT2D eigenvalue weighted by atomic mass is 15.2. The van der Waals surface area contributed by atoms with E-state index in [1.54, 1.807) is 11.1 Å². The van der Waals surface area contributed by atoms with Crippen LogP contribution in [0.5, 0.6) is 0 Å². The summed E-state index contributed by atoms with van der Waals surface area (Å²) in [5.41, 5.74) is 28.3. The molecule has 5 aliphatic heterocycles. The summed E-state index contributed by atoms with van der Waals surface area (Å²) in [5, 5.41) is 0. The highest BCUT2D eigenvalue weighted by Crippen LogP contribution is 2.65. The zero-order valence-corrected chi connectivity index (χ0v) is 43.4. The minimum absolute atomic E-state index is 0.0423. The molecule has 6 heteroatoms. The summed E-state index contributed by atoms with van der Waals surface area (Å²) < 4.78 is 0. The van der Waals surface area contributed by atoms with Gasteiger partial charge < -0.3 is 19.6 Å². The quantitative estimate of drug-likeness (QED) is 0.154. The molecule has 8 aromatic carbocycles. The van der Waals surface area contributed by atoms with Crippen molar-refractivity contribution in [2.24, 2.45) is 35.5 Å². The molecule has 5 saturated carbocycles. The lowest BCUT2D eigenvalue weighted by Crippen LogP contribution is -2.81. The Bertz CT molecular complexity index is 3520. The van der Waals surface area contributed by atoms with E-state index in [-0.39, 0.29) is 24.3 Å². The maximum absolute atomic E-state index is 2.76. The van der Waals surface area contributed by atoms with Crippen LogP contribution in [-0.4, -0.2) is 13.4 Å². The highest BCUT2D eigenvalue weighted by molar-refractivity contribution is 7.16. The molecule has 18 rings (SSSR count). The van der Waals surface area contributed by atoms with E-state index in [0.29, 0.717) is 11.8 Å². The molecular formula is C69H62B2N4. The van der Waals surface area contributed by atoms with E-state index < -0.39 is 0 Å². The van der Waals surface area contributed by atoms with Gasteiger partial charge in [0.15, 0.2) is 0 Å². The molecule has 0 radical (unpaired) electrons. The maximum Gasteiger partial charge on any atom is 0.251 e. The molecule has 10 aliphatic rings. The average molecular weight is 969 g/mol. The van der Waals surface area contributed by atoms with Crippen LogP contribution in [0, 0.1) is 35.5 Å². The largest absolute Gasteiger partial charge is 0.311 e. The van der Waals surface area contributed by atoms with Gasteiger partial charge in [0.05, 0.1) is 0 Å². The maximum atomic E-state index is 2.76. The van der Waals surface area contributed by atoms with Crippen LogP contribution in [0.2, 0.25) is 0 Å². The summed E-state index contributed by atoms with van der Waals surface area (Å²) in [6.07, 6.45) is 14.9. The van der Waals surface area contributed by atoms with Gasteiger partial charge in [0.1, 0.15) is 0 Å². The van der Waals surface area contributed by atoms with Gasteiger partial charge in [-0.25, -0.2) is 0 Å². The minimum atomic E-state index is 0.0423. The Morgan fingerprint density at radius 1 is 0.347 bits per heavy atom. The Hall–Kier alpha value is -6.91. The summed E-state index contributed by atoms with van der Waals surface area (Å²) in [6, 6.07) is 67.1. The van der Waals surface area contributed by atoms with E-state index in [4.69, 9.17) is 0 Å². The fourth-order valence-electron chi connectivity index (χ4n) is 19.7. The summed E-state index contributed by atoms with van der Waals surface area (Å²) in [4.78, 5) is 10.9. The Morgan fingerprint density at radius 3 is 1.13 bits per heavy atom.